The highest BCUT2D eigenvalue weighted by molar-refractivity contribution is 5.74. The molecule has 3 heterocycles. The summed E-state index contributed by atoms with van der Waals surface area (Å²) >= 11 is 0. The second-order valence-corrected chi connectivity index (χ2v) is 8.71. The summed E-state index contributed by atoms with van der Waals surface area (Å²) in [5, 5.41) is 6.24. The van der Waals surface area contributed by atoms with E-state index in [1.54, 1.807) is 0 Å². The predicted molar refractivity (Wildman–Crippen MR) is 125 cm³/mol. The van der Waals surface area contributed by atoms with Crippen LogP contribution in [-0.4, -0.2) is 72.8 Å². The number of hydrogen-bond donors (Lipinski definition) is 2. The molecule has 2 amide bonds. The van der Waals surface area contributed by atoms with E-state index in [1.165, 1.54) is 16.7 Å². The van der Waals surface area contributed by atoms with Crippen LogP contribution >= 0.6 is 0 Å². The first kappa shape index (κ1) is 22.7. The van der Waals surface area contributed by atoms with Gasteiger partial charge in [0, 0.05) is 64.2 Å². The van der Waals surface area contributed by atoms with Crippen LogP contribution in [0.1, 0.15) is 29.5 Å². The fraction of sp³-hybridized carbons (Fsp3) is 0.520. The summed E-state index contributed by atoms with van der Waals surface area (Å²) in [6.07, 6.45) is 6.75. The highest BCUT2D eigenvalue weighted by Crippen LogP contribution is 2.14. The molecule has 2 aromatic rings. The fourth-order valence-electron chi connectivity index (χ4n) is 4.43. The second kappa shape index (κ2) is 11.9. The molecule has 0 bridgehead atoms. The van der Waals surface area contributed by atoms with E-state index in [-0.39, 0.29) is 12.1 Å². The predicted octanol–water partition coefficient (Wildman–Crippen LogP) is 2.42. The first-order valence-corrected chi connectivity index (χ1v) is 11.8. The van der Waals surface area contributed by atoms with Gasteiger partial charge < -0.3 is 20.3 Å². The monoisotopic (exact) mass is 437 g/mol. The maximum absolute atomic E-state index is 12.5. The number of morpholine rings is 1. The van der Waals surface area contributed by atoms with Gasteiger partial charge in [-0.2, -0.15) is 0 Å². The topological polar surface area (TPSA) is 69.7 Å². The van der Waals surface area contributed by atoms with Crippen molar-refractivity contribution < 1.29 is 9.53 Å². The molecule has 2 fully saturated rings. The lowest BCUT2D eigenvalue weighted by Gasteiger charge is -2.32. The van der Waals surface area contributed by atoms with Crippen LogP contribution in [-0.2, 0) is 24.2 Å². The fourth-order valence-corrected chi connectivity index (χ4v) is 4.43. The molecule has 1 aromatic heterocycles. The van der Waals surface area contributed by atoms with Crippen molar-refractivity contribution in [3.63, 3.8) is 0 Å². The third-order valence-electron chi connectivity index (χ3n) is 6.44. The number of carbonyl (C=O) groups is 1. The molecule has 172 valence electrons. The van der Waals surface area contributed by atoms with E-state index in [9.17, 15) is 4.79 Å². The number of carbonyl (C=O) groups excluding carboxylic acids is 1. The Bertz CT molecular complexity index is 833. The summed E-state index contributed by atoms with van der Waals surface area (Å²) in [4.78, 5) is 21.5. The molecule has 7 heteroatoms. The molecule has 0 atom stereocenters. The zero-order valence-electron chi connectivity index (χ0n) is 18.8. The van der Waals surface area contributed by atoms with Crippen LogP contribution in [0.15, 0.2) is 48.8 Å². The summed E-state index contributed by atoms with van der Waals surface area (Å²) in [5.41, 5.74) is 3.78. The second-order valence-electron chi connectivity index (χ2n) is 8.71. The van der Waals surface area contributed by atoms with E-state index >= 15 is 0 Å². The third-order valence-corrected chi connectivity index (χ3v) is 6.44. The molecule has 0 saturated carbocycles. The van der Waals surface area contributed by atoms with Crippen LogP contribution in [0.25, 0.3) is 0 Å². The number of urea groups is 1. The molecule has 2 N–H and O–H groups in total. The highest BCUT2D eigenvalue weighted by Gasteiger charge is 2.20. The lowest BCUT2D eigenvalue weighted by atomic mass is 10.0. The Morgan fingerprint density at radius 3 is 2.44 bits per heavy atom. The lowest BCUT2D eigenvalue weighted by molar-refractivity contribution is 0.0341. The number of likely N-dealkylation sites (tertiary alicyclic amines) is 1. The molecule has 0 spiro atoms. The summed E-state index contributed by atoms with van der Waals surface area (Å²) < 4.78 is 5.45. The average molecular weight is 438 g/mol. The Morgan fingerprint density at radius 1 is 0.969 bits per heavy atom. The smallest absolute Gasteiger partial charge is 0.315 e. The van der Waals surface area contributed by atoms with Gasteiger partial charge in [0.25, 0.3) is 0 Å². The van der Waals surface area contributed by atoms with Gasteiger partial charge in [0.15, 0.2) is 0 Å². The first-order valence-electron chi connectivity index (χ1n) is 11.8. The minimum absolute atomic E-state index is 0.0681. The van der Waals surface area contributed by atoms with E-state index in [0.717, 1.165) is 71.7 Å². The molecular weight excluding hydrogens is 402 g/mol. The largest absolute Gasteiger partial charge is 0.379 e. The van der Waals surface area contributed by atoms with Crippen LogP contribution in [0.2, 0.25) is 0 Å². The summed E-state index contributed by atoms with van der Waals surface area (Å²) in [7, 11) is 0. The van der Waals surface area contributed by atoms with Crippen LogP contribution in [0, 0.1) is 0 Å². The summed E-state index contributed by atoms with van der Waals surface area (Å²) in [5.74, 6) is 0. The standard InChI is InChI=1S/C25H35N5O2/c31-25(27-19-22-3-1-2-4-23(22)20-30-15-17-32-18-16-30)28-24-8-13-29(14-9-24)12-7-21-5-10-26-11-6-21/h1-6,10-11,24H,7-9,12-20H2,(H2,27,28,31). The van der Waals surface area contributed by atoms with Crippen molar-refractivity contribution in [3.8, 4) is 0 Å². The summed E-state index contributed by atoms with van der Waals surface area (Å²) in [6, 6.07) is 12.7. The van der Waals surface area contributed by atoms with Gasteiger partial charge in [-0.05, 0) is 48.1 Å². The Morgan fingerprint density at radius 2 is 1.69 bits per heavy atom. The van der Waals surface area contributed by atoms with Crippen molar-refractivity contribution in [2.75, 3.05) is 45.9 Å². The van der Waals surface area contributed by atoms with Gasteiger partial charge in [-0.15, -0.1) is 0 Å². The first-order chi connectivity index (χ1) is 15.8. The van der Waals surface area contributed by atoms with E-state index in [2.05, 4.69) is 55.7 Å². The van der Waals surface area contributed by atoms with Crippen molar-refractivity contribution in [1.82, 2.24) is 25.4 Å². The minimum atomic E-state index is -0.0681. The number of hydrogen-bond acceptors (Lipinski definition) is 5. The number of piperidine rings is 1. The number of nitrogens with zero attached hydrogens (tertiary/aromatic N) is 3. The Kier molecular flexibility index (Phi) is 8.48. The third kappa shape index (κ3) is 7.02. The van der Waals surface area contributed by atoms with Gasteiger partial charge in [0.05, 0.1) is 13.2 Å². The van der Waals surface area contributed by atoms with Crippen molar-refractivity contribution in [3.05, 3.63) is 65.5 Å². The number of aromatic nitrogens is 1. The normalized spacial score (nSPS) is 18.4. The molecule has 0 radical (unpaired) electrons. The van der Waals surface area contributed by atoms with Crippen molar-refractivity contribution in [1.29, 1.82) is 0 Å². The molecule has 7 nitrogen and oxygen atoms in total. The van der Waals surface area contributed by atoms with Gasteiger partial charge >= 0.3 is 6.03 Å². The van der Waals surface area contributed by atoms with E-state index in [4.69, 9.17) is 4.74 Å². The molecule has 4 rings (SSSR count). The summed E-state index contributed by atoms with van der Waals surface area (Å²) in [6.45, 7) is 8.08. The Balaban J connectivity index is 1.17. The van der Waals surface area contributed by atoms with Crippen LogP contribution in [0.5, 0.6) is 0 Å². The molecule has 2 aliphatic heterocycles. The van der Waals surface area contributed by atoms with Crippen LogP contribution in [0.4, 0.5) is 4.79 Å². The van der Waals surface area contributed by atoms with E-state index in [1.807, 2.05) is 18.5 Å². The van der Waals surface area contributed by atoms with Gasteiger partial charge in [0.1, 0.15) is 0 Å². The number of benzene rings is 1. The molecular formula is C25H35N5O2. The van der Waals surface area contributed by atoms with E-state index in [0.29, 0.717) is 6.54 Å². The van der Waals surface area contributed by atoms with Gasteiger partial charge in [-0.1, -0.05) is 24.3 Å². The number of nitrogens with one attached hydrogen (secondary N) is 2. The maximum atomic E-state index is 12.5. The van der Waals surface area contributed by atoms with Gasteiger partial charge in [0.2, 0.25) is 0 Å². The van der Waals surface area contributed by atoms with Crippen molar-refractivity contribution in [2.24, 2.45) is 0 Å². The van der Waals surface area contributed by atoms with Crippen LogP contribution in [0.3, 0.4) is 0 Å². The number of amides is 2. The molecule has 32 heavy (non-hydrogen) atoms. The Hall–Kier alpha value is -2.48. The van der Waals surface area contributed by atoms with E-state index < -0.39 is 0 Å². The molecule has 2 saturated heterocycles. The minimum Gasteiger partial charge on any atom is -0.379 e. The van der Waals surface area contributed by atoms with Gasteiger partial charge in [-0.25, -0.2) is 4.79 Å². The SMILES string of the molecule is O=C(NCc1ccccc1CN1CCOCC1)NC1CCN(CCc2ccncc2)CC1. The molecule has 0 aliphatic carbocycles. The van der Waals surface area contributed by atoms with Crippen molar-refractivity contribution >= 4 is 6.03 Å². The average Bonchev–Trinajstić information content (AvgIpc) is 2.84. The Labute approximate surface area is 191 Å². The molecule has 2 aliphatic rings. The zero-order chi connectivity index (χ0) is 22.0. The van der Waals surface area contributed by atoms with Crippen LogP contribution < -0.4 is 10.6 Å². The molecule has 0 unspecified atom stereocenters. The zero-order valence-corrected chi connectivity index (χ0v) is 18.8. The van der Waals surface area contributed by atoms with Crippen molar-refractivity contribution in [2.45, 2.75) is 38.4 Å². The lowest BCUT2D eigenvalue weighted by Crippen LogP contribution is -2.48. The number of rotatable bonds is 8. The quantitative estimate of drug-likeness (QED) is 0.664. The number of pyridine rings is 1. The maximum Gasteiger partial charge on any atom is 0.315 e. The number of ether oxygens (including phenoxy) is 1. The van der Waals surface area contributed by atoms with Gasteiger partial charge in [-0.3, -0.25) is 9.88 Å². The highest BCUT2D eigenvalue weighted by atomic mass is 16.5. The molecule has 1 aromatic carbocycles.